The molecule has 0 radical (unpaired) electrons. The normalized spacial score (nSPS) is 23.9. The maximum absolute atomic E-state index is 12.6. The maximum atomic E-state index is 12.6. The molecule has 0 spiro atoms. The van der Waals surface area contributed by atoms with Gasteiger partial charge < -0.3 is 11.5 Å². The zero-order chi connectivity index (χ0) is 15.0. The van der Waals surface area contributed by atoms with Crippen molar-refractivity contribution in [1.29, 1.82) is 0 Å². The molecule has 4 N–H and O–H groups in total. The van der Waals surface area contributed by atoms with E-state index >= 15 is 0 Å². The first kappa shape index (κ1) is 15.0. The van der Waals surface area contributed by atoms with Crippen LogP contribution in [0.25, 0.3) is 0 Å². The SMILES string of the molecule is CC1(C(N)=O)CCN(S(=O)(=O)c2ccccc2CN)C1. The number of carbonyl (C=O) groups is 1. The highest BCUT2D eigenvalue weighted by Gasteiger charge is 2.43. The van der Waals surface area contributed by atoms with Crippen LogP contribution in [-0.4, -0.2) is 31.7 Å². The molecule has 0 aromatic heterocycles. The van der Waals surface area contributed by atoms with Crippen LogP contribution in [0.5, 0.6) is 0 Å². The highest BCUT2D eigenvalue weighted by molar-refractivity contribution is 7.89. The summed E-state index contributed by atoms with van der Waals surface area (Å²) in [5, 5.41) is 0. The van der Waals surface area contributed by atoms with Gasteiger partial charge in [-0.1, -0.05) is 18.2 Å². The number of amides is 1. The first-order valence-corrected chi connectivity index (χ1v) is 7.83. The van der Waals surface area contributed by atoms with Gasteiger partial charge in [-0.2, -0.15) is 4.31 Å². The van der Waals surface area contributed by atoms with Crippen molar-refractivity contribution in [3.8, 4) is 0 Å². The third-order valence-electron chi connectivity index (χ3n) is 3.84. The van der Waals surface area contributed by atoms with E-state index in [1.54, 1.807) is 25.1 Å². The molecule has 110 valence electrons. The summed E-state index contributed by atoms with van der Waals surface area (Å²) in [6.45, 7) is 2.25. The minimum absolute atomic E-state index is 0.115. The molecule has 1 aliphatic heterocycles. The van der Waals surface area contributed by atoms with Crippen LogP contribution in [0.3, 0.4) is 0 Å². The van der Waals surface area contributed by atoms with Crippen LogP contribution in [-0.2, 0) is 21.4 Å². The lowest BCUT2D eigenvalue weighted by atomic mass is 9.89. The van der Waals surface area contributed by atoms with E-state index in [4.69, 9.17) is 11.5 Å². The third-order valence-corrected chi connectivity index (χ3v) is 5.79. The summed E-state index contributed by atoms with van der Waals surface area (Å²) in [5.41, 5.74) is 10.7. The predicted octanol–water partition coefficient (Wildman–Crippen LogP) is 0.0313. The Hall–Kier alpha value is -1.44. The van der Waals surface area contributed by atoms with Crippen molar-refractivity contribution in [2.75, 3.05) is 13.1 Å². The van der Waals surface area contributed by atoms with E-state index in [-0.39, 0.29) is 18.0 Å². The molecule has 6 nitrogen and oxygen atoms in total. The lowest BCUT2D eigenvalue weighted by Gasteiger charge is -2.21. The molecule has 1 aliphatic rings. The number of benzene rings is 1. The minimum atomic E-state index is -3.64. The second-order valence-corrected chi connectivity index (χ2v) is 7.23. The Morgan fingerprint density at radius 3 is 2.60 bits per heavy atom. The van der Waals surface area contributed by atoms with Crippen LogP contribution in [0.4, 0.5) is 0 Å². The summed E-state index contributed by atoms with van der Waals surface area (Å²) in [6.07, 6.45) is 0.437. The molecule has 0 bridgehead atoms. The lowest BCUT2D eigenvalue weighted by Crippen LogP contribution is -2.38. The number of sulfonamides is 1. The number of hydrogen-bond acceptors (Lipinski definition) is 4. The van der Waals surface area contributed by atoms with Crippen molar-refractivity contribution < 1.29 is 13.2 Å². The average Bonchev–Trinajstić information content (AvgIpc) is 2.83. The van der Waals surface area contributed by atoms with E-state index in [9.17, 15) is 13.2 Å². The Morgan fingerprint density at radius 1 is 1.40 bits per heavy atom. The van der Waals surface area contributed by atoms with Crippen molar-refractivity contribution in [2.24, 2.45) is 16.9 Å². The summed E-state index contributed by atoms with van der Waals surface area (Å²) in [5.74, 6) is -0.470. The topological polar surface area (TPSA) is 106 Å². The van der Waals surface area contributed by atoms with Crippen molar-refractivity contribution in [3.05, 3.63) is 29.8 Å². The molecule has 0 saturated carbocycles. The smallest absolute Gasteiger partial charge is 0.243 e. The van der Waals surface area contributed by atoms with Gasteiger partial charge in [0.1, 0.15) is 0 Å². The van der Waals surface area contributed by atoms with Crippen LogP contribution in [0, 0.1) is 5.41 Å². The molecule has 0 aliphatic carbocycles. The fourth-order valence-electron chi connectivity index (χ4n) is 2.39. The van der Waals surface area contributed by atoms with Crippen molar-refractivity contribution >= 4 is 15.9 Å². The molecule has 1 aromatic carbocycles. The molecule has 20 heavy (non-hydrogen) atoms. The summed E-state index contributed by atoms with van der Waals surface area (Å²) in [7, 11) is -3.64. The number of rotatable bonds is 4. The Bertz CT molecular complexity index is 630. The van der Waals surface area contributed by atoms with Crippen molar-refractivity contribution in [1.82, 2.24) is 4.31 Å². The molecule has 2 rings (SSSR count). The monoisotopic (exact) mass is 297 g/mol. The number of hydrogen-bond donors (Lipinski definition) is 2. The van der Waals surface area contributed by atoms with Crippen LogP contribution in [0.2, 0.25) is 0 Å². The molecule has 1 aromatic rings. The van der Waals surface area contributed by atoms with E-state index < -0.39 is 21.3 Å². The fourth-order valence-corrected chi connectivity index (χ4v) is 4.19. The number of nitrogens with two attached hydrogens (primary N) is 2. The Morgan fingerprint density at radius 2 is 2.05 bits per heavy atom. The molecular weight excluding hydrogens is 278 g/mol. The van der Waals surface area contributed by atoms with Gasteiger partial charge in [-0.15, -0.1) is 0 Å². The second-order valence-electron chi connectivity index (χ2n) is 5.33. The van der Waals surface area contributed by atoms with E-state index in [0.29, 0.717) is 18.5 Å². The summed E-state index contributed by atoms with van der Waals surface area (Å²) < 4.78 is 26.6. The van der Waals surface area contributed by atoms with Gasteiger partial charge in [0, 0.05) is 19.6 Å². The van der Waals surface area contributed by atoms with E-state index in [2.05, 4.69) is 0 Å². The molecule has 1 unspecified atom stereocenters. The number of primary amides is 1. The lowest BCUT2D eigenvalue weighted by molar-refractivity contribution is -0.126. The first-order chi connectivity index (χ1) is 9.31. The van der Waals surface area contributed by atoms with E-state index in [1.807, 2.05) is 0 Å². The van der Waals surface area contributed by atoms with Gasteiger partial charge in [-0.3, -0.25) is 4.79 Å². The largest absolute Gasteiger partial charge is 0.369 e. The van der Waals surface area contributed by atoms with Crippen molar-refractivity contribution in [3.63, 3.8) is 0 Å². The highest BCUT2D eigenvalue weighted by Crippen LogP contribution is 2.33. The zero-order valence-corrected chi connectivity index (χ0v) is 12.2. The van der Waals surface area contributed by atoms with Gasteiger partial charge in [0.15, 0.2) is 0 Å². The molecule has 1 fully saturated rings. The van der Waals surface area contributed by atoms with Crippen LogP contribution in [0.1, 0.15) is 18.9 Å². The van der Waals surface area contributed by atoms with E-state index in [0.717, 1.165) is 0 Å². The maximum Gasteiger partial charge on any atom is 0.243 e. The number of nitrogens with zero attached hydrogens (tertiary/aromatic N) is 1. The Kier molecular flexibility index (Phi) is 3.86. The molecule has 1 saturated heterocycles. The van der Waals surface area contributed by atoms with Gasteiger partial charge in [0.05, 0.1) is 10.3 Å². The quantitative estimate of drug-likeness (QED) is 0.817. The first-order valence-electron chi connectivity index (χ1n) is 6.39. The van der Waals surface area contributed by atoms with Gasteiger partial charge in [0.2, 0.25) is 15.9 Å². The summed E-state index contributed by atoms with van der Waals surface area (Å²) >= 11 is 0. The summed E-state index contributed by atoms with van der Waals surface area (Å²) in [4.78, 5) is 11.6. The van der Waals surface area contributed by atoms with E-state index in [1.165, 1.54) is 10.4 Å². The summed E-state index contributed by atoms with van der Waals surface area (Å²) in [6, 6.07) is 6.64. The van der Waals surface area contributed by atoms with Crippen LogP contribution >= 0.6 is 0 Å². The third kappa shape index (κ3) is 2.44. The van der Waals surface area contributed by atoms with Gasteiger partial charge in [0.25, 0.3) is 0 Å². The highest BCUT2D eigenvalue weighted by atomic mass is 32.2. The second kappa shape index (κ2) is 5.16. The molecule has 1 heterocycles. The van der Waals surface area contributed by atoms with Crippen molar-refractivity contribution in [2.45, 2.75) is 24.8 Å². The minimum Gasteiger partial charge on any atom is -0.369 e. The molecule has 1 amide bonds. The zero-order valence-electron chi connectivity index (χ0n) is 11.4. The number of carbonyl (C=O) groups excluding carboxylic acids is 1. The molecule has 7 heteroatoms. The van der Waals surface area contributed by atoms with Gasteiger partial charge in [-0.25, -0.2) is 8.42 Å². The Labute approximate surface area is 118 Å². The van der Waals surface area contributed by atoms with Gasteiger partial charge in [-0.05, 0) is 25.0 Å². The Balaban J connectivity index is 2.36. The average molecular weight is 297 g/mol. The van der Waals surface area contributed by atoms with Crippen LogP contribution in [0.15, 0.2) is 29.2 Å². The predicted molar refractivity (Wildman–Crippen MR) is 75.0 cm³/mol. The standard InChI is InChI=1S/C13H19N3O3S/c1-13(12(15)17)6-7-16(9-13)20(18,19)11-5-3-2-4-10(11)8-14/h2-5H,6-9,14H2,1H3,(H2,15,17). The van der Waals surface area contributed by atoms with Crippen LogP contribution < -0.4 is 11.5 Å². The van der Waals surface area contributed by atoms with Gasteiger partial charge >= 0.3 is 0 Å². The fraction of sp³-hybridized carbons (Fsp3) is 0.462. The molecule has 1 atom stereocenters. The molecular formula is C13H19N3O3S.